The van der Waals surface area contributed by atoms with E-state index in [2.05, 4.69) is 5.32 Å². The molecule has 0 amide bonds. The lowest BCUT2D eigenvalue weighted by Gasteiger charge is -2.28. The Labute approximate surface area is 118 Å². The molecule has 1 aromatic carbocycles. The molecule has 1 aliphatic heterocycles. The van der Waals surface area contributed by atoms with Crippen molar-refractivity contribution in [3.63, 3.8) is 0 Å². The molecule has 0 saturated heterocycles. The molecule has 0 aromatic heterocycles. The van der Waals surface area contributed by atoms with Crippen molar-refractivity contribution >= 4 is 11.6 Å². The van der Waals surface area contributed by atoms with Gasteiger partial charge >= 0.3 is 0 Å². The van der Waals surface area contributed by atoms with Crippen LogP contribution in [0.3, 0.4) is 0 Å². The summed E-state index contributed by atoms with van der Waals surface area (Å²) in [5, 5.41) is 13.3. The summed E-state index contributed by atoms with van der Waals surface area (Å²) in [4.78, 5) is 0. The number of hydrogen-bond donors (Lipinski definition) is 2. The second kappa shape index (κ2) is 5.99. The molecule has 0 bridgehead atoms. The van der Waals surface area contributed by atoms with Crippen LogP contribution in [0.1, 0.15) is 25.8 Å². The van der Waals surface area contributed by atoms with E-state index in [1.807, 2.05) is 26.0 Å². The first-order valence-electron chi connectivity index (χ1n) is 6.52. The summed E-state index contributed by atoms with van der Waals surface area (Å²) < 4.78 is 11.0. The number of rotatable bonds is 5. The van der Waals surface area contributed by atoms with Crippen LogP contribution in [0.15, 0.2) is 12.1 Å². The zero-order chi connectivity index (χ0) is 13.9. The van der Waals surface area contributed by atoms with Gasteiger partial charge in [-0.15, -0.1) is 0 Å². The van der Waals surface area contributed by atoms with E-state index in [1.54, 1.807) is 0 Å². The SMILES string of the molecule is CCC(C)(CO)NCc1cc(Cl)c2c(c1)OCCO2. The monoisotopic (exact) mass is 285 g/mol. The highest BCUT2D eigenvalue weighted by Crippen LogP contribution is 2.38. The van der Waals surface area contributed by atoms with E-state index in [4.69, 9.17) is 21.1 Å². The molecule has 1 heterocycles. The van der Waals surface area contributed by atoms with Gasteiger partial charge in [0, 0.05) is 12.1 Å². The van der Waals surface area contributed by atoms with Crippen LogP contribution < -0.4 is 14.8 Å². The Morgan fingerprint density at radius 2 is 2.11 bits per heavy atom. The van der Waals surface area contributed by atoms with Crippen molar-refractivity contribution in [2.75, 3.05) is 19.8 Å². The van der Waals surface area contributed by atoms with Gasteiger partial charge in [0.1, 0.15) is 13.2 Å². The van der Waals surface area contributed by atoms with Crippen molar-refractivity contribution in [2.45, 2.75) is 32.4 Å². The van der Waals surface area contributed by atoms with E-state index in [0.717, 1.165) is 12.0 Å². The first-order valence-corrected chi connectivity index (χ1v) is 6.89. The Bertz CT molecular complexity index is 447. The highest BCUT2D eigenvalue weighted by molar-refractivity contribution is 6.32. The maximum absolute atomic E-state index is 9.38. The van der Waals surface area contributed by atoms with Crippen LogP contribution in [0, 0.1) is 0 Å². The normalized spacial score (nSPS) is 17.1. The Hall–Kier alpha value is -0.970. The third kappa shape index (κ3) is 3.32. The van der Waals surface area contributed by atoms with Gasteiger partial charge in [-0.2, -0.15) is 0 Å². The highest BCUT2D eigenvalue weighted by atomic mass is 35.5. The van der Waals surface area contributed by atoms with Gasteiger partial charge in [0.15, 0.2) is 11.5 Å². The summed E-state index contributed by atoms with van der Waals surface area (Å²) in [7, 11) is 0. The summed E-state index contributed by atoms with van der Waals surface area (Å²) in [6.07, 6.45) is 0.849. The van der Waals surface area contributed by atoms with Crippen LogP contribution in [0.4, 0.5) is 0 Å². The minimum Gasteiger partial charge on any atom is -0.486 e. The smallest absolute Gasteiger partial charge is 0.179 e. The lowest BCUT2D eigenvalue weighted by atomic mass is 10.00. The average Bonchev–Trinajstić information content (AvgIpc) is 2.45. The summed E-state index contributed by atoms with van der Waals surface area (Å²) in [5.74, 6) is 1.31. The highest BCUT2D eigenvalue weighted by Gasteiger charge is 2.21. The van der Waals surface area contributed by atoms with Crippen molar-refractivity contribution in [3.05, 3.63) is 22.7 Å². The lowest BCUT2D eigenvalue weighted by Crippen LogP contribution is -2.44. The van der Waals surface area contributed by atoms with Gasteiger partial charge < -0.3 is 19.9 Å². The molecule has 106 valence electrons. The predicted molar refractivity (Wildman–Crippen MR) is 75.1 cm³/mol. The molecule has 0 radical (unpaired) electrons. The summed E-state index contributed by atoms with van der Waals surface area (Å²) in [6, 6.07) is 3.80. The molecule has 2 N–H and O–H groups in total. The minimum absolute atomic E-state index is 0.0990. The largest absolute Gasteiger partial charge is 0.486 e. The summed E-state index contributed by atoms with van der Waals surface area (Å²) in [5.41, 5.74) is 0.738. The lowest BCUT2D eigenvalue weighted by molar-refractivity contribution is 0.167. The van der Waals surface area contributed by atoms with Crippen LogP contribution in [-0.2, 0) is 6.54 Å². The fraction of sp³-hybridized carbons (Fsp3) is 0.571. The van der Waals surface area contributed by atoms with Gasteiger partial charge in [0.25, 0.3) is 0 Å². The molecule has 1 aliphatic rings. The first kappa shape index (κ1) is 14.4. The van der Waals surface area contributed by atoms with Crippen molar-refractivity contribution in [1.82, 2.24) is 5.32 Å². The number of aliphatic hydroxyl groups excluding tert-OH is 1. The van der Waals surface area contributed by atoms with Crippen molar-refractivity contribution in [3.8, 4) is 11.5 Å². The number of aliphatic hydroxyl groups is 1. The predicted octanol–water partition coefficient (Wildman–Crippen LogP) is 2.36. The Kier molecular flexibility index (Phi) is 4.55. The minimum atomic E-state index is -0.278. The van der Waals surface area contributed by atoms with E-state index in [9.17, 15) is 5.11 Å². The number of halogens is 1. The summed E-state index contributed by atoms with van der Waals surface area (Å²) >= 11 is 6.18. The molecular weight excluding hydrogens is 266 g/mol. The Balaban J connectivity index is 2.11. The van der Waals surface area contributed by atoms with Gasteiger partial charge in [-0.1, -0.05) is 18.5 Å². The van der Waals surface area contributed by atoms with Crippen molar-refractivity contribution < 1.29 is 14.6 Å². The second-order valence-electron chi connectivity index (χ2n) is 5.03. The zero-order valence-electron chi connectivity index (χ0n) is 11.3. The molecule has 1 aromatic rings. The number of ether oxygens (including phenoxy) is 2. The van der Waals surface area contributed by atoms with Gasteiger partial charge in [-0.05, 0) is 31.0 Å². The fourth-order valence-corrected chi connectivity index (χ4v) is 2.16. The maximum Gasteiger partial charge on any atom is 0.179 e. The third-order valence-electron chi connectivity index (χ3n) is 3.51. The molecule has 19 heavy (non-hydrogen) atoms. The molecule has 1 atom stereocenters. The van der Waals surface area contributed by atoms with Crippen LogP contribution in [0.25, 0.3) is 0 Å². The van der Waals surface area contributed by atoms with Crippen molar-refractivity contribution in [1.29, 1.82) is 0 Å². The molecule has 5 heteroatoms. The van der Waals surface area contributed by atoms with Gasteiger partial charge in [0.05, 0.1) is 11.6 Å². The first-order chi connectivity index (χ1) is 9.08. The maximum atomic E-state index is 9.38. The van der Waals surface area contributed by atoms with E-state index in [-0.39, 0.29) is 12.1 Å². The standard InChI is InChI=1S/C14H20ClNO3/c1-3-14(2,9-17)16-8-10-6-11(15)13-12(7-10)18-4-5-19-13/h6-7,16-17H,3-5,8-9H2,1-2H3. The second-order valence-corrected chi connectivity index (χ2v) is 5.43. The van der Waals surface area contributed by atoms with Crippen LogP contribution in [0.2, 0.25) is 5.02 Å². The third-order valence-corrected chi connectivity index (χ3v) is 3.79. The van der Waals surface area contributed by atoms with E-state index < -0.39 is 0 Å². The number of hydrogen-bond acceptors (Lipinski definition) is 4. The number of fused-ring (bicyclic) bond motifs is 1. The zero-order valence-corrected chi connectivity index (χ0v) is 12.1. The van der Waals surface area contributed by atoms with Gasteiger partial charge in [-0.25, -0.2) is 0 Å². The molecule has 4 nitrogen and oxygen atoms in total. The van der Waals surface area contributed by atoms with E-state index in [1.165, 1.54) is 0 Å². The van der Waals surface area contributed by atoms with Crippen LogP contribution in [-0.4, -0.2) is 30.5 Å². The summed E-state index contributed by atoms with van der Waals surface area (Å²) in [6.45, 7) is 5.84. The quantitative estimate of drug-likeness (QED) is 0.872. The molecule has 0 saturated carbocycles. The van der Waals surface area contributed by atoms with Crippen LogP contribution >= 0.6 is 11.6 Å². The van der Waals surface area contributed by atoms with Crippen molar-refractivity contribution in [2.24, 2.45) is 0 Å². The molecule has 0 fully saturated rings. The van der Waals surface area contributed by atoms with Gasteiger partial charge in [0.2, 0.25) is 0 Å². The molecule has 0 spiro atoms. The topological polar surface area (TPSA) is 50.7 Å². The Morgan fingerprint density at radius 3 is 2.79 bits per heavy atom. The number of benzene rings is 1. The van der Waals surface area contributed by atoms with Gasteiger partial charge in [-0.3, -0.25) is 0 Å². The molecule has 1 unspecified atom stereocenters. The number of nitrogens with one attached hydrogen (secondary N) is 1. The molecule has 2 rings (SSSR count). The van der Waals surface area contributed by atoms with E-state index in [0.29, 0.717) is 36.3 Å². The fourth-order valence-electron chi connectivity index (χ4n) is 1.87. The Morgan fingerprint density at radius 1 is 1.37 bits per heavy atom. The molecular formula is C14H20ClNO3. The molecule has 0 aliphatic carbocycles. The average molecular weight is 286 g/mol. The van der Waals surface area contributed by atoms with E-state index >= 15 is 0 Å². The van der Waals surface area contributed by atoms with Crippen LogP contribution in [0.5, 0.6) is 11.5 Å².